The van der Waals surface area contributed by atoms with E-state index in [4.69, 9.17) is 19.5 Å². The summed E-state index contributed by atoms with van der Waals surface area (Å²) in [4.78, 5) is 12.4. The zero-order chi connectivity index (χ0) is 24.4. The van der Waals surface area contributed by atoms with Crippen LogP contribution < -0.4 is 11.9 Å². The largest absolute Gasteiger partial charge is 0.382 e. The maximum absolute atomic E-state index is 11.9. The van der Waals surface area contributed by atoms with Crippen molar-refractivity contribution >= 4 is 25.2 Å². The van der Waals surface area contributed by atoms with Gasteiger partial charge in [0, 0.05) is 0 Å². The Morgan fingerprint density at radius 1 is 0.914 bits per heavy atom. The summed E-state index contributed by atoms with van der Waals surface area (Å²) in [5, 5.41) is 0. The van der Waals surface area contributed by atoms with Crippen molar-refractivity contribution in [2.24, 2.45) is 0 Å². The Hall–Kier alpha value is -1.58. The number of unbranched alkanes of at least 4 members (excludes halogenated alkanes) is 12. The zero-order valence-electron chi connectivity index (χ0n) is 21.8. The third-order valence-corrected chi connectivity index (χ3v) is 6.67. The van der Waals surface area contributed by atoms with Crippen LogP contribution in [0.4, 0.5) is 5.82 Å². The summed E-state index contributed by atoms with van der Waals surface area (Å²) in [6, 6.07) is 0. The van der Waals surface area contributed by atoms with E-state index in [0.29, 0.717) is 30.1 Å². The molecule has 11 heteroatoms. The van der Waals surface area contributed by atoms with Gasteiger partial charge in [0.15, 0.2) is 18.3 Å². The molecule has 35 heavy (non-hydrogen) atoms. The highest BCUT2D eigenvalue weighted by atomic mass is 31.1. The molecule has 2 aromatic heterocycles. The van der Waals surface area contributed by atoms with Crippen molar-refractivity contribution in [3.63, 3.8) is 0 Å². The topological polar surface area (TPSA) is 149 Å². The van der Waals surface area contributed by atoms with E-state index in [1.54, 1.807) is 6.33 Å². The molecule has 0 aliphatic heterocycles. The minimum Gasteiger partial charge on any atom is -0.382 e. The van der Waals surface area contributed by atoms with Gasteiger partial charge in [-0.1, -0.05) is 84.0 Å². The van der Waals surface area contributed by atoms with Crippen LogP contribution >= 0.6 is 8.25 Å². The van der Waals surface area contributed by atoms with Crippen molar-refractivity contribution in [2.45, 2.75) is 110 Å². The van der Waals surface area contributed by atoms with Crippen LogP contribution in [0.3, 0.4) is 0 Å². The summed E-state index contributed by atoms with van der Waals surface area (Å²) in [5.74, 6) is 0.347. The zero-order valence-corrected chi connectivity index (χ0v) is 22.8. The first-order chi connectivity index (χ1) is 16.6. The first-order valence-electron chi connectivity index (χ1n) is 12.9. The van der Waals surface area contributed by atoms with Crippen LogP contribution in [-0.2, 0) is 24.9 Å². The Balaban J connectivity index is 0.00000612. The number of ether oxygens (including phenoxy) is 1. The number of fused-ring (bicyclic) bond motifs is 1. The Labute approximate surface area is 211 Å². The minimum atomic E-state index is -2.53. The van der Waals surface area contributed by atoms with E-state index < -0.39 is 8.25 Å². The standard InChI is InChI=1S/C24H44N5O4P.H3N/c1-3-4-5-6-7-8-9-10-11-12-13-14-15-16-32-34(30)33-20-31-21(2)17-29-19-28-22-23(25)26-18-27-24(22)29;/h18-19,21,34H,3-17,20H2,1-2H3,(H2,25,26,27);1H3/t21-;/m1./s1. The molecule has 2 atom stereocenters. The lowest BCUT2D eigenvalue weighted by atomic mass is 10.0. The van der Waals surface area contributed by atoms with Gasteiger partial charge in [-0.15, -0.1) is 0 Å². The van der Waals surface area contributed by atoms with Crippen molar-refractivity contribution in [3.05, 3.63) is 12.7 Å². The smallest absolute Gasteiger partial charge is 0.321 e. The third kappa shape index (κ3) is 13.3. The minimum absolute atomic E-state index is 0. The molecular formula is C24H47N6O4P. The Kier molecular flexibility index (Phi) is 17.6. The molecule has 10 nitrogen and oxygen atoms in total. The number of hydrogen-bond donors (Lipinski definition) is 2. The summed E-state index contributed by atoms with van der Waals surface area (Å²) in [6.07, 6.45) is 19.7. The Bertz CT molecular complexity index is 822. The van der Waals surface area contributed by atoms with Gasteiger partial charge in [-0.3, -0.25) is 9.09 Å². The van der Waals surface area contributed by atoms with E-state index in [2.05, 4.69) is 21.9 Å². The van der Waals surface area contributed by atoms with Gasteiger partial charge < -0.3 is 25.7 Å². The van der Waals surface area contributed by atoms with E-state index in [0.717, 1.165) is 12.8 Å². The third-order valence-electron chi connectivity index (χ3n) is 5.88. The normalized spacial score (nSPS) is 13.1. The molecule has 5 N–H and O–H groups in total. The highest BCUT2D eigenvalue weighted by molar-refractivity contribution is 7.33. The molecule has 2 heterocycles. The molecule has 0 aliphatic carbocycles. The molecule has 0 aromatic carbocycles. The lowest BCUT2D eigenvalue weighted by Crippen LogP contribution is -2.17. The van der Waals surface area contributed by atoms with Crippen LogP contribution in [-0.4, -0.2) is 39.0 Å². The number of hydrogen-bond acceptors (Lipinski definition) is 9. The summed E-state index contributed by atoms with van der Waals surface area (Å²) in [7, 11) is -2.53. The number of nitrogens with two attached hydrogens (primary N) is 1. The fourth-order valence-corrected chi connectivity index (χ4v) is 4.44. The SMILES string of the molecule is CCCCCCCCCCCCCCCO[PH](=O)OCO[C@H](C)Cn1cnc2c(N)ncnc21.N. The number of rotatable bonds is 21. The average Bonchev–Trinajstić information content (AvgIpc) is 3.23. The van der Waals surface area contributed by atoms with Crippen molar-refractivity contribution in [3.8, 4) is 0 Å². The second-order valence-corrected chi connectivity index (χ2v) is 9.99. The van der Waals surface area contributed by atoms with Gasteiger partial charge in [0.2, 0.25) is 0 Å². The van der Waals surface area contributed by atoms with E-state index >= 15 is 0 Å². The van der Waals surface area contributed by atoms with E-state index in [-0.39, 0.29) is 19.0 Å². The van der Waals surface area contributed by atoms with Crippen LogP contribution in [0, 0.1) is 0 Å². The quantitative estimate of drug-likeness (QED) is 0.109. The fraction of sp³-hybridized carbons (Fsp3) is 0.792. The predicted molar refractivity (Wildman–Crippen MR) is 142 cm³/mol. The van der Waals surface area contributed by atoms with Crippen molar-refractivity contribution in [1.29, 1.82) is 0 Å². The van der Waals surface area contributed by atoms with Crippen molar-refractivity contribution in [1.82, 2.24) is 25.7 Å². The van der Waals surface area contributed by atoms with Gasteiger partial charge in [0.25, 0.3) is 0 Å². The Morgan fingerprint density at radius 3 is 2.14 bits per heavy atom. The molecule has 0 saturated carbocycles. The van der Waals surface area contributed by atoms with Crippen LogP contribution in [0.15, 0.2) is 12.7 Å². The average molecular weight is 515 g/mol. The molecule has 0 amide bonds. The molecule has 2 aromatic rings. The number of nitrogens with zero attached hydrogens (tertiary/aromatic N) is 4. The summed E-state index contributed by atoms with van der Waals surface area (Å²) in [6.45, 7) is 5.05. The second kappa shape index (κ2) is 19.6. The maximum Gasteiger partial charge on any atom is 0.321 e. The molecule has 0 radical (unpaired) electrons. The van der Waals surface area contributed by atoms with Gasteiger partial charge >= 0.3 is 8.25 Å². The maximum atomic E-state index is 11.9. The molecule has 0 bridgehead atoms. The number of nitrogen functional groups attached to an aromatic ring is 1. The molecule has 0 fully saturated rings. The van der Waals surface area contributed by atoms with Gasteiger partial charge in [0.1, 0.15) is 11.8 Å². The van der Waals surface area contributed by atoms with Crippen LogP contribution in [0.5, 0.6) is 0 Å². The molecule has 0 spiro atoms. The highest BCUT2D eigenvalue weighted by Gasteiger charge is 2.11. The molecular weight excluding hydrogens is 467 g/mol. The molecule has 202 valence electrons. The number of aromatic nitrogens is 4. The monoisotopic (exact) mass is 514 g/mol. The first-order valence-corrected chi connectivity index (χ1v) is 14.2. The lowest BCUT2D eigenvalue weighted by molar-refractivity contribution is -0.0367. The number of imidazole rings is 1. The summed E-state index contributed by atoms with van der Waals surface area (Å²) >= 11 is 0. The molecule has 0 aliphatic rings. The van der Waals surface area contributed by atoms with Crippen LogP contribution in [0.2, 0.25) is 0 Å². The lowest BCUT2D eigenvalue weighted by Gasteiger charge is -2.14. The van der Waals surface area contributed by atoms with Crippen molar-refractivity contribution in [2.75, 3.05) is 19.1 Å². The number of anilines is 1. The summed E-state index contributed by atoms with van der Waals surface area (Å²) in [5.41, 5.74) is 7.02. The van der Waals surface area contributed by atoms with E-state index in [9.17, 15) is 4.57 Å². The fourth-order valence-electron chi connectivity index (χ4n) is 3.88. The molecule has 0 saturated heterocycles. The van der Waals surface area contributed by atoms with E-state index in [1.165, 1.54) is 77.0 Å². The molecule has 1 unspecified atom stereocenters. The summed E-state index contributed by atoms with van der Waals surface area (Å²) < 4.78 is 29.8. The van der Waals surface area contributed by atoms with Crippen LogP contribution in [0.1, 0.15) is 97.3 Å². The van der Waals surface area contributed by atoms with Gasteiger partial charge in [-0.25, -0.2) is 15.0 Å². The van der Waals surface area contributed by atoms with Crippen molar-refractivity contribution < 1.29 is 18.3 Å². The van der Waals surface area contributed by atoms with E-state index in [1.807, 2.05) is 11.5 Å². The van der Waals surface area contributed by atoms with Gasteiger partial charge in [-0.05, 0) is 13.3 Å². The first kappa shape index (κ1) is 31.4. The Morgan fingerprint density at radius 2 is 1.51 bits per heavy atom. The highest BCUT2D eigenvalue weighted by Crippen LogP contribution is 2.24. The predicted octanol–water partition coefficient (Wildman–Crippen LogP) is 6.45. The van der Waals surface area contributed by atoms with Gasteiger partial charge in [-0.2, -0.15) is 0 Å². The second-order valence-electron chi connectivity index (χ2n) is 8.91. The molecule has 2 rings (SSSR count). The van der Waals surface area contributed by atoms with Gasteiger partial charge in [0.05, 0.1) is 25.6 Å². The van der Waals surface area contributed by atoms with Crippen LogP contribution in [0.25, 0.3) is 11.2 Å².